The summed E-state index contributed by atoms with van der Waals surface area (Å²) >= 11 is 0. The Morgan fingerprint density at radius 3 is 1.72 bits per heavy atom. The molecule has 0 aromatic heterocycles. The molecule has 0 aliphatic carbocycles. The van der Waals surface area contributed by atoms with Crippen LogP contribution in [0.3, 0.4) is 0 Å². The summed E-state index contributed by atoms with van der Waals surface area (Å²) in [7, 11) is 0. The Bertz CT molecular complexity index is 481. The van der Waals surface area contributed by atoms with Crippen molar-refractivity contribution < 1.29 is 9.47 Å². The minimum absolute atomic E-state index is 0.179. The standard InChI is InChI=1S/C16H18O2/c1-16(2,3)18-15-11-9-14(10-12-15)17-13-7-5-4-6-8-13/h4-12H,1-3H3. The van der Waals surface area contributed by atoms with E-state index in [0.29, 0.717) is 0 Å². The molecule has 0 fully saturated rings. The SMILES string of the molecule is CC(C)(C)Oc1ccc(Oc2ccccc2)cc1. The minimum Gasteiger partial charge on any atom is -0.488 e. The Balaban J connectivity index is 2.04. The molecule has 2 nitrogen and oxygen atoms in total. The van der Waals surface area contributed by atoms with Gasteiger partial charge in [-0.2, -0.15) is 0 Å². The van der Waals surface area contributed by atoms with Crippen molar-refractivity contribution >= 4 is 0 Å². The van der Waals surface area contributed by atoms with Gasteiger partial charge in [-0.25, -0.2) is 0 Å². The van der Waals surface area contributed by atoms with Crippen LogP contribution in [0.2, 0.25) is 0 Å². The Morgan fingerprint density at radius 1 is 0.667 bits per heavy atom. The maximum absolute atomic E-state index is 5.75. The Hall–Kier alpha value is -1.96. The van der Waals surface area contributed by atoms with E-state index in [2.05, 4.69) is 0 Å². The lowest BCUT2D eigenvalue weighted by molar-refractivity contribution is 0.131. The highest BCUT2D eigenvalue weighted by Gasteiger charge is 2.11. The fourth-order valence-electron chi connectivity index (χ4n) is 1.55. The lowest BCUT2D eigenvalue weighted by Gasteiger charge is -2.21. The maximum atomic E-state index is 5.75. The first-order valence-electron chi connectivity index (χ1n) is 6.05. The summed E-state index contributed by atoms with van der Waals surface area (Å²) in [6.45, 7) is 6.09. The third kappa shape index (κ3) is 3.81. The van der Waals surface area contributed by atoms with Crippen LogP contribution in [0, 0.1) is 0 Å². The molecule has 0 radical (unpaired) electrons. The fraction of sp³-hybridized carbons (Fsp3) is 0.250. The van der Waals surface area contributed by atoms with Crippen LogP contribution < -0.4 is 9.47 Å². The van der Waals surface area contributed by atoms with Gasteiger partial charge < -0.3 is 9.47 Å². The van der Waals surface area contributed by atoms with Crippen molar-refractivity contribution in [2.24, 2.45) is 0 Å². The number of hydrogen-bond acceptors (Lipinski definition) is 2. The molecule has 2 heteroatoms. The van der Waals surface area contributed by atoms with E-state index in [9.17, 15) is 0 Å². The summed E-state index contributed by atoms with van der Waals surface area (Å²) in [4.78, 5) is 0. The van der Waals surface area contributed by atoms with Crippen LogP contribution in [0.15, 0.2) is 54.6 Å². The van der Waals surface area contributed by atoms with Crippen LogP contribution in [0.25, 0.3) is 0 Å². The predicted molar refractivity (Wildman–Crippen MR) is 73.3 cm³/mol. The van der Waals surface area contributed by atoms with Crippen molar-refractivity contribution in [2.75, 3.05) is 0 Å². The monoisotopic (exact) mass is 242 g/mol. The van der Waals surface area contributed by atoms with Crippen molar-refractivity contribution in [1.82, 2.24) is 0 Å². The summed E-state index contributed by atoms with van der Waals surface area (Å²) in [5, 5.41) is 0. The second-order valence-corrected chi connectivity index (χ2v) is 5.10. The molecule has 0 unspecified atom stereocenters. The number of benzene rings is 2. The maximum Gasteiger partial charge on any atom is 0.127 e. The largest absolute Gasteiger partial charge is 0.488 e. The summed E-state index contributed by atoms with van der Waals surface area (Å²) in [5.41, 5.74) is -0.179. The molecule has 18 heavy (non-hydrogen) atoms. The number of para-hydroxylation sites is 1. The van der Waals surface area contributed by atoms with Crippen molar-refractivity contribution in [3.8, 4) is 17.2 Å². The van der Waals surface area contributed by atoms with Crippen molar-refractivity contribution in [3.63, 3.8) is 0 Å². The summed E-state index contributed by atoms with van der Waals surface area (Å²) in [6, 6.07) is 17.4. The number of rotatable bonds is 3. The van der Waals surface area contributed by atoms with E-state index in [1.807, 2.05) is 75.4 Å². The molecular formula is C16H18O2. The molecule has 0 aliphatic rings. The third-order valence-corrected chi connectivity index (χ3v) is 2.23. The van der Waals surface area contributed by atoms with E-state index in [1.54, 1.807) is 0 Å². The van der Waals surface area contributed by atoms with Gasteiger partial charge in [-0.05, 0) is 57.2 Å². The zero-order valence-corrected chi connectivity index (χ0v) is 11.0. The van der Waals surface area contributed by atoms with Crippen LogP contribution in [-0.2, 0) is 0 Å². The number of ether oxygens (including phenoxy) is 2. The van der Waals surface area contributed by atoms with Crippen molar-refractivity contribution in [3.05, 3.63) is 54.6 Å². The van der Waals surface area contributed by atoms with Gasteiger partial charge in [-0.1, -0.05) is 18.2 Å². The molecule has 0 heterocycles. The first-order chi connectivity index (χ1) is 8.53. The molecule has 0 amide bonds. The third-order valence-electron chi connectivity index (χ3n) is 2.23. The molecule has 0 bridgehead atoms. The van der Waals surface area contributed by atoms with E-state index < -0.39 is 0 Å². The van der Waals surface area contributed by atoms with E-state index in [1.165, 1.54) is 0 Å². The summed E-state index contributed by atoms with van der Waals surface area (Å²) < 4.78 is 11.5. The van der Waals surface area contributed by atoms with Gasteiger partial charge in [-0.15, -0.1) is 0 Å². The van der Waals surface area contributed by atoms with Gasteiger partial charge in [0.05, 0.1) is 0 Å². The van der Waals surface area contributed by atoms with E-state index in [0.717, 1.165) is 17.2 Å². The van der Waals surface area contributed by atoms with Gasteiger partial charge in [0, 0.05) is 0 Å². The van der Waals surface area contributed by atoms with Crippen molar-refractivity contribution in [2.45, 2.75) is 26.4 Å². The second kappa shape index (κ2) is 5.13. The van der Waals surface area contributed by atoms with Crippen LogP contribution >= 0.6 is 0 Å². The van der Waals surface area contributed by atoms with Gasteiger partial charge in [0.2, 0.25) is 0 Å². The zero-order valence-electron chi connectivity index (χ0n) is 11.0. The average molecular weight is 242 g/mol. The van der Waals surface area contributed by atoms with Gasteiger partial charge in [0.15, 0.2) is 0 Å². The fourth-order valence-corrected chi connectivity index (χ4v) is 1.55. The average Bonchev–Trinajstić information content (AvgIpc) is 2.31. The lowest BCUT2D eigenvalue weighted by atomic mass is 10.2. The molecule has 94 valence electrons. The van der Waals surface area contributed by atoms with Crippen molar-refractivity contribution in [1.29, 1.82) is 0 Å². The van der Waals surface area contributed by atoms with E-state index in [4.69, 9.17) is 9.47 Å². The highest BCUT2D eigenvalue weighted by Crippen LogP contribution is 2.25. The first-order valence-corrected chi connectivity index (χ1v) is 6.05. The molecule has 2 rings (SSSR count). The Labute approximate surface area is 108 Å². The zero-order chi connectivity index (χ0) is 13.0. The van der Waals surface area contributed by atoms with Gasteiger partial charge >= 0.3 is 0 Å². The lowest BCUT2D eigenvalue weighted by Crippen LogP contribution is -2.22. The molecule has 0 atom stereocenters. The molecule has 2 aromatic rings. The molecular weight excluding hydrogens is 224 g/mol. The van der Waals surface area contributed by atoms with Gasteiger partial charge in [0.1, 0.15) is 22.8 Å². The first kappa shape index (κ1) is 12.5. The van der Waals surface area contributed by atoms with Crippen LogP contribution in [0.1, 0.15) is 20.8 Å². The predicted octanol–water partition coefficient (Wildman–Crippen LogP) is 4.66. The van der Waals surface area contributed by atoms with Crippen LogP contribution in [0.5, 0.6) is 17.2 Å². The number of hydrogen-bond donors (Lipinski definition) is 0. The van der Waals surface area contributed by atoms with Crippen LogP contribution in [-0.4, -0.2) is 5.60 Å². The Kier molecular flexibility index (Phi) is 3.56. The molecule has 0 aliphatic heterocycles. The van der Waals surface area contributed by atoms with Gasteiger partial charge in [-0.3, -0.25) is 0 Å². The smallest absolute Gasteiger partial charge is 0.127 e. The molecule has 0 saturated heterocycles. The molecule has 0 N–H and O–H groups in total. The van der Waals surface area contributed by atoms with E-state index >= 15 is 0 Å². The topological polar surface area (TPSA) is 18.5 Å². The molecule has 2 aromatic carbocycles. The molecule has 0 spiro atoms. The van der Waals surface area contributed by atoms with Crippen LogP contribution in [0.4, 0.5) is 0 Å². The normalized spacial score (nSPS) is 11.1. The minimum atomic E-state index is -0.179. The van der Waals surface area contributed by atoms with Gasteiger partial charge in [0.25, 0.3) is 0 Å². The summed E-state index contributed by atoms with van der Waals surface area (Å²) in [6.07, 6.45) is 0. The Morgan fingerprint density at radius 2 is 1.17 bits per heavy atom. The van der Waals surface area contributed by atoms with E-state index in [-0.39, 0.29) is 5.60 Å². The summed E-state index contributed by atoms with van der Waals surface area (Å²) in [5.74, 6) is 2.49. The second-order valence-electron chi connectivity index (χ2n) is 5.10. The highest BCUT2D eigenvalue weighted by molar-refractivity contribution is 5.35. The quantitative estimate of drug-likeness (QED) is 0.779. The highest BCUT2D eigenvalue weighted by atomic mass is 16.5. The molecule has 0 saturated carbocycles.